The summed E-state index contributed by atoms with van der Waals surface area (Å²) in [5, 5.41) is 9.79. The summed E-state index contributed by atoms with van der Waals surface area (Å²) in [6.45, 7) is 6.45. The van der Waals surface area contributed by atoms with E-state index in [1.807, 2.05) is 26.8 Å². The summed E-state index contributed by atoms with van der Waals surface area (Å²) in [5.74, 6) is 0.444. The minimum Gasteiger partial charge on any atom is -0.465 e. The molecule has 3 heterocycles. The highest BCUT2D eigenvalue weighted by Crippen LogP contribution is 2.49. The quantitative estimate of drug-likeness (QED) is 0.734. The van der Waals surface area contributed by atoms with Gasteiger partial charge in [0.2, 0.25) is 0 Å². The Morgan fingerprint density at radius 1 is 1.46 bits per heavy atom. The number of rotatable bonds is 1. The second-order valence-electron chi connectivity index (χ2n) is 7.18. The van der Waals surface area contributed by atoms with Gasteiger partial charge in [-0.25, -0.2) is 9.78 Å². The van der Waals surface area contributed by atoms with Crippen molar-refractivity contribution in [1.29, 1.82) is 0 Å². The van der Waals surface area contributed by atoms with Crippen LogP contribution in [0, 0.1) is 5.41 Å². The Balaban J connectivity index is 2.30. The third kappa shape index (κ3) is 2.56. The van der Waals surface area contributed by atoms with E-state index in [-0.39, 0.29) is 5.56 Å². The fourth-order valence-electron chi connectivity index (χ4n) is 3.72. The van der Waals surface area contributed by atoms with Crippen LogP contribution in [0.2, 0.25) is 0 Å². The molecule has 0 spiro atoms. The lowest BCUT2D eigenvalue weighted by molar-refractivity contribution is -0.0353. The smallest absolute Gasteiger partial charge is 0.408 e. The Kier molecular flexibility index (Phi) is 4.24. The lowest BCUT2D eigenvalue weighted by Crippen LogP contribution is -2.59. The van der Waals surface area contributed by atoms with Crippen molar-refractivity contribution in [3.63, 3.8) is 0 Å². The molecular formula is C16H20BrN3O3S. The van der Waals surface area contributed by atoms with Crippen LogP contribution in [0.4, 0.5) is 4.79 Å². The van der Waals surface area contributed by atoms with Crippen molar-refractivity contribution in [2.24, 2.45) is 5.41 Å². The molecule has 1 atom stereocenters. The van der Waals surface area contributed by atoms with Crippen molar-refractivity contribution in [3.8, 4) is 0 Å². The molecule has 1 amide bonds. The monoisotopic (exact) mass is 413 g/mol. The van der Waals surface area contributed by atoms with Crippen molar-refractivity contribution in [1.82, 2.24) is 14.9 Å². The van der Waals surface area contributed by atoms with Gasteiger partial charge in [-0.3, -0.25) is 9.69 Å². The number of halogens is 1. The van der Waals surface area contributed by atoms with Gasteiger partial charge in [-0.15, -0.1) is 11.3 Å². The summed E-state index contributed by atoms with van der Waals surface area (Å²) < 4.78 is 1.38. The largest absolute Gasteiger partial charge is 0.465 e. The van der Waals surface area contributed by atoms with Crippen molar-refractivity contribution < 1.29 is 9.90 Å². The molecule has 0 unspecified atom stereocenters. The molecule has 6 nitrogen and oxygen atoms in total. The topological polar surface area (TPSA) is 86.3 Å². The first-order valence-electron chi connectivity index (χ1n) is 7.87. The molecule has 3 rings (SSSR count). The highest BCUT2D eigenvalue weighted by molar-refractivity contribution is 9.11. The fraction of sp³-hybridized carbons (Fsp3) is 0.562. The van der Waals surface area contributed by atoms with Gasteiger partial charge in [0.25, 0.3) is 5.56 Å². The zero-order valence-corrected chi connectivity index (χ0v) is 16.3. The Bertz CT molecular complexity index is 854. The molecule has 0 saturated carbocycles. The van der Waals surface area contributed by atoms with Gasteiger partial charge in [0.1, 0.15) is 16.1 Å². The number of amides is 1. The maximum Gasteiger partial charge on any atom is 0.408 e. The van der Waals surface area contributed by atoms with Crippen LogP contribution in [0.5, 0.6) is 0 Å². The van der Waals surface area contributed by atoms with Crippen LogP contribution in [-0.2, 0) is 5.54 Å². The van der Waals surface area contributed by atoms with E-state index >= 15 is 0 Å². The number of hydrogen-bond acceptors (Lipinski definition) is 4. The number of fused-ring (bicyclic) bond motifs is 1. The maximum absolute atomic E-state index is 12.5. The molecule has 0 aromatic carbocycles. The van der Waals surface area contributed by atoms with Crippen molar-refractivity contribution in [2.45, 2.75) is 45.6 Å². The molecule has 2 aromatic rings. The van der Waals surface area contributed by atoms with Crippen molar-refractivity contribution in [3.05, 3.63) is 26.0 Å². The standard InChI is InChI=1S/C16H20BrN3O3S/c1-15(2,3)16(6-4-5-7-20(16)14(22)23)13-18-9-8-10(17)24-11(9)12(21)19-13/h8H,4-7H2,1-3H3,(H,22,23)(H,18,19,21)/t16-/m1/s1. The molecule has 24 heavy (non-hydrogen) atoms. The molecule has 0 aliphatic carbocycles. The van der Waals surface area contributed by atoms with Gasteiger partial charge in [-0.05, 0) is 46.7 Å². The number of hydrogen-bond donors (Lipinski definition) is 2. The van der Waals surface area contributed by atoms with Crippen LogP contribution in [0.15, 0.2) is 14.6 Å². The minimum absolute atomic E-state index is 0.217. The Hall–Kier alpha value is -1.41. The average molecular weight is 414 g/mol. The molecule has 2 aromatic heterocycles. The zero-order valence-electron chi connectivity index (χ0n) is 13.9. The van der Waals surface area contributed by atoms with Gasteiger partial charge in [-0.2, -0.15) is 0 Å². The molecule has 0 bridgehead atoms. The van der Waals surface area contributed by atoms with Crippen LogP contribution in [-0.4, -0.2) is 32.6 Å². The Labute approximate surface area is 152 Å². The highest BCUT2D eigenvalue weighted by Gasteiger charge is 2.53. The Morgan fingerprint density at radius 2 is 2.17 bits per heavy atom. The first-order valence-corrected chi connectivity index (χ1v) is 9.48. The average Bonchev–Trinajstić information content (AvgIpc) is 2.86. The lowest BCUT2D eigenvalue weighted by atomic mass is 9.67. The number of carbonyl (C=O) groups is 1. The summed E-state index contributed by atoms with van der Waals surface area (Å²) in [4.78, 5) is 33.5. The van der Waals surface area contributed by atoms with Gasteiger partial charge in [-0.1, -0.05) is 20.8 Å². The van der Waals surface area contributed by atoms with Gasteiger partial charge >= 0.3 is 6.09 Å². The maximum atomic E-state index is 12.5. The molecule has 2 N–H and O–H groups in total. The van der Waals surface area contributed by atoms with Crippen molar-refractivity contribution in [2.75, 3.05) is 6.54 Å². The zero-order chi connectivity index (χ0) is 17.7. The summed E-state index contributed by atoms with van der Waals surface area (Å²) in [5.41, 5.74) is -0.878. The molecule has 1 fully saturated rings. The normalized spacial score (nSPS) is 22.1. The summed E-state index contributed by atoms with van der Waals surface area (Å²) >= 11 is 4.72. The van der Waals surface area contributed by atoms with Crippen molar-refractivity contribution >= 4 is 43.6 Å². The number of piperidine rings is 1. The van der Waals surface area contributed by atoms with Crippen LogP contribution in [0.3, 0.4) is 0 Å². The summed E-state index contributed by atoms with van der Waals surface area (Å²) in [6, 6.07) is 1.81. The number of nitrogens with one attached hydrogen (secondary N) is 1. The summed E-state index contributed by atoms with van der Waals surface area (Å²) in [6.07, 6.45) is 1.39. The van der Waals surface area contributed by atoms with Crippen LogP contribution in [0.25, 0.3) is 10.2 Å². The predicted octanol–water partition coefficient (Wildman–Crippen LogP) is 4.15. The van der Waals surface area contributed by atoms with E-state index in [1.54, 1.807) is 0 Å². The number of carboxylic acid groups (broad SMARTS) is 1. The van der Waals surface area contributed by atoms with Gasteiger partial charge < -0.3 is 10.1 Å². The number of likely N-dealkylation sites (tertiary alicyclic amines) is 1. The third-order valence-electron chi connectivity index (χ3n) is 4.85. The molecule has 130 valence electrons. The minimum atomic E-state index is -0.973. The number of nitrogens with zero attached hydrogens (tertiary/aromatic N) is 2. The molecule has 1 aliphatic heterocycles. The molecule has 1 aliphatic rings. The SMILES string of the molecule is CC(C)(C)[C@]1(c2nc3cc(Br)sc3c(=O)[nH]2)CCCCN1C(=O)O. The summed E-state index contributed by atoms with van der Waals surface area (Å²) in [7, 11) is 0. The molecule has 0 radical (unpaired) electrons. The van der Waals surface area contributed by atoms with Gasteiger partial charge in [0.05, 0.1) is 9.30 Å². The van der Waals surface area contributed by atoms with Crippen LogP contribution < -0.4 is 5.56 Å². The first kappa shape index (κ1) is 17.4. The number of aromatic amines is 1. The number of thiophene rings is 1. The van der Waals surface area contributed by atoms with E-state index in [9.17, 15) is 14.7 Å². The van der Waals surface area contributed by atoms with Crippen LogP contribution >= 0.6 is 27.3 Å². The van der Waals surface area contributed by atoms with Gasteiger partial charge in [0.15, 0.2) is 0 Å². The van der Waals surface area contributed by atoms with Gasteiger partial charge in [0, 0.05) is 6.54 Å². The van der Waals surface area contributed by atoms with E-state index in [0.717, 1.165) is 16.6 Å². The van der Waals surface area contributed by atoms with Crippen LogP contribution in [0.1, 0.15) is 45.9 Å². The second-order valence-corrected chi connectivity index (χ2v) is 9.61. The fourth-order valence-corrected chi connectivity index (χ4v) is 5.14. The third-order valence-corrected chi connectivity index (χ3v) is 6.47. The van der Waals surface area contributed by atoms with E-state index in [2.05, 4.69) is 25.9 Å². The number of aromatic nitrogens is 2. The molecule has 1 saturated heterocycles. The Morgan fingerprint density at radius 3 is 2.79 bits per heavy atom. The van der Waals surface area contributed by atoms with E-state index in [4.69, 9.17) is 0 Å². The molecule has 8 heteroatoms. The second kappa shape index (κ2) is 5.84. The van der Waals surface area contributed by atoms with E-state index < -0.39 is 17.0 Å². The lowest BCUT2D eigenvalue weighted by Gasteiger charge is -2.52. The highest BCUT2D eigenvalue weighted by atomic mass is 79.9. The van der Waals surface area contributed by atoms with E-state index in [0.29, 0.717) is 29.0 Å². The molecular weight excluding hydrogens is 394 g/mol. The predicted molar refractivity (Wildman–Crippen MR) is 97.7 cm³/mol. The van der Waals surface area contributed by atoms with E-state index in [1.165, 1.54) is 16.2 Å². The number of H-pyrrole nitrogens is 1. The first-order chi connectivity index (χ1) is 11.2.